The van der Waals surface area contributed by atoms with Crippen LogP contribution in [0.4, 0.5) is 0 Å². The minimum absolute atomic E-state index is 0.144. The van der Waals surface area contributed by atoms with Crippen LogP contribution in [0.25, 0.3) is 0 Å². The van der Waals surface area contributed by atoms with Gasteiger partial charge in [-0.3, -0.25) is 9.79 Å². The molecule has 0 bridgehead atoms. The van der Waals surface area contributed by atoms with E-state index in [2.05, 4.69) is 10.3 Å². The summed E-state index contributed by atoms with van der Waals surface area (Å²) in [5.74, 6) is -0.541. The Morgan fingerprint density at radius 2 is 2.54 bits per heavy atom. The molecule has 1 rings (SSSR count). The molecule has 0 spiro atoms. The zero-order valence-electron chi connectivity index (χ0n) is 7.23. The van der Waals surface area contributed by atoms with E-state index < -0.39 is 12.0 Å². The van der Waals surface area contributed by atoms with Gasteiger partial charge >= 0.3 is 5.97 Å². The second-order valence-electron chi connectivity index (χ2n) is 3.09. The summed E-state index contributed by atoms with van der Waals surface area (Å²) >= 11 is 0. The van der Waals surface area contributed by atoms with E-state index in [1.807, 2.05) is 0 Å². The number of carboxylic acids is 1. The minimum atomic E-state index is -0.966. The summed E-state index contributed by atoms with van der Waals surface area (Å²) in [5.41, 5.74) is 10.7. The Morgan fingerprint density at radius 1 is 1.85 bits per heavy atom. The first-order chi connectivity index (χ1) is 6.09. The van der Waals surface area contributed by atoms with Gasteiger partial charge in [-0.2, -0.15) is 0 Å². The molecule has 6 nitrogen and oxygen atoms in total. The molecule has 0 aliphatic carbocycles. The summed E-state index contributed by atoms with van der Waals surface area (Å²) < 4.78 is 0. The molecule has 0 radical (unpaired) electrons. The molecule has 13 heavy (non-hydrogen) atoms. The number of nitrogens with two attached hydrogens (primary N) is 2. The Bertz CT molecular complexity index is 229. The summed E-state index contributed by atoms with van der Waals surface area (Å²) in [6, 6.07) is -0.644. The zero-order chi connectivity index (χ0) is 9.84. The molecule has 0 aromatic carbocycles. The molecule has 1 heterocycles. The summed E-state index contributed by atoms with van der Waals surface area (Å²) in [6.45, 7) is 0.609. The van der Waals surface area contributed by atoms with Gasteiger partial charge < -0.3 is 21.9 Å². The van der Waals surface area contributed by atoms with Crippen molar-refractivity contribution in [2.75, 3.05) is 6.54 Å². The molecule has 6 N–H and O–H groups in total. The smallest absolute Gasteiger partial charge is 0.320 e. The number of hydrogen-bond donors (Lipinski definition) is 4. The number of guanidine groups is 1. The van der Waals surface area contributed by atoms with E-state index in [4.69, 9.17) is 16.6 Å². The van der Waals surface area contributed by atoms with Crippen molar-refractivity contribution >= 4 is 11.9 Å². The normalized spacial score (nSPS) is 23.5. The molecule has 74 valence electrons. The minimum Gasteiger partial charge on any atom is -0.480 e. The number of aliphatic carboxylic acids is 1. The molecule has 0 saturated carbocycles. The van der Waals surface area contributed by atoms with Gasteiger partial charge in [0.1, 0.15) is 6.04 Å². The van der Waals surface area contributed by atoms with Crippen LogP contribution >= 0.6 is 0 Å². The molecular weight excluding hydrogens is 172 g/mol. The standard InChI is InChI=1S/C7H14N4O2/c8-5(6(12)13)2-1-4-3-10-7(9)11-4/h4-5H,1-3,8H2,(H,12,13)(H3,9,10,11)/t4?,5-/m0/s1. The first kappa shape index (κ1) is 9.79. The van der Waals surface area contributed by atoms with E-state index in [1.54, 1.807) is 0 Å². The van der Waals surface area contributed by atoms with Gasteiger partial charge in [0, 0.05) is 6.04 Å². The molecule has 1 aliphatic heterocycles. The molecule has 0 fully saturated rings. The van der Waals surface area contributed by atoms with Crippen LogP contribution in [-0.4, -0.2) is 35.7 Å². The van der Waals surface area contributed by atoms with Crippen LogP contribution in [0.2, 0.25) is 0 Å². The molecule has 0 aromatic heterocycles. The molecule has 1 unspecified atom stereocenters. The lowest BCUT2D eigenvalue weighted by Crippen LogP contribution is -2.37. The third-order valence-electron chi connectivity index (χ3n) is 1.98. The molecule has 1 aliphatic rings. The number of hydrogen-bond acceptors (Lipinski definition) is 5. The summed E-state index contributed by atoms with van der Waals surface area (Å²) in [4.78, 5) is 14.3. The van der Waals surface area contributed by atoms with E-state index in [-0.39, 0.29) is 6.04 Å². The Kier molecular flexibility index (Phi) is 3.07. The van der Waals surface area contributed by atoms with Crippen molar-refractivity contribution in [1.29, 1.82) is 0 Å². The molecule has 2 atom stereocenters. The monoisotopic (exact) mass is 186 g/mol. The Labute approximate surface area is 76.0 Å². The van der Waals surface area contributed by atoms with E-state index in [1.165, 1.54) is 0 Å². The molecule has 6 heteroatoms. The average Bonchev–Trinajstić information content (AvgIpc) is 2.47. The topological polar surface area (TPSA) is 114 Å². The number of nitrogens with one attached hydrogen (secondary N) is 1. The van der Waals surface area contributed by atoms with Gasteiger partial charge in [0.2, 0.25) is 0 Å². The maximum absolute atomic E-state index is 10.4. The highest BCUT2D eigenvalue weighted by Crippen LogP contribution is 2.04. The van der Waals surface area contributed by atoms with Crippen LogP contribution in [-0.2, 0) is 4.79 Å². The number of aliphatic imine (C=N–C) groups is 1. The first-order valence-electron chi connectivity index (χ1n) is 4.14. The predicted octanol–water partition coefficient (Wildman–Crippen LogP) is -1.53. The fourth-order valence-corrected chi connectivity index (χ4v) is 1.18. The summed E-state index contributed by atoms with van der Waals surface area (Å²) in [5, 5.41) is 11.4. The Balaban J connectivity index is 2.17. The molecule has 0 amide bonds. The zero-order valence-corrected chi connectivity index (χ0v) is 7.23. The second-order valence-corrected chi connectivity index (χ2v) is 3.09. The fraction of sp³-hybridized carbons (Fsp3) is 0.714. The van der Waals surface area contributed by atoms with Crippen LogP contribution in [0.1, 0.15) is 12.8 Å². The van der Waals surface area contributed by atoms with E-state index in [0.717, 1.165) is 0 Å². The average molecular weight is 186 g/mol. The van der Waals surface area contributed by atoms with Crippen molar-refractivity contribution < 1.29 is 9.90 Å². The third kappa shape index (κ3) is 2.90. The lowest BCUT2D eigenvalue weighted by Gasteiger charge is -2.11. The predicted molar refractivity (Wildman–Crippen MR) is 48.3 cm³/mol. The lowest BCUT2D eigenvalue weighted by atomic mass is 10.1. The highest BCUT2D eigenvalue weighted by atomic mass is 16.4. The quantitative estimate of drug-likeness (QED) is 0.425. The molecule has 0 aromatic rings. The van der Waals surface area contributed by atoms with Crippen LogP contribution in [0.15, 0.2) is 4.99 Å². The molecular formula is C7H14N4O2. The van der Waals surface area contributed by atoms with Crippen molar-refractivity contribution in [3.05, 3.63) is 0 Å². The van der Waals surface area contributed by atoms with Crippen molar-refractivity contribution in [3.8, 4) is 0 Å². The number of carbonyl (C=O) groups is 1. The lowest BCUT2D eigenvalue weighted by molar-refractivity contribution is -0.138. The third-order valence-corrected chi connectivity index (χ3v) is 1.98. The van der Waals surface area contributed by atoms with Crippen molar-refractivity contribution in [2.24, 2.45) is 16.5 Å². The summed E-state index contributed by atoms with van der Waals surface area (Å²) in [6.07, 6.45) is 1.12. The van der Waals surface area contributed by atoms with E-state index >= 15 is 0 Å². The fourth-order valence-electron chi connectivity index (χ4n) is 1.18. The maximum Gasteiger partial charge on any atom is 0.320 e. The van der Waals surface area contributed by atoms with Crippen molar-refractivity contribution in [1.82, 2.24) is 5.32 Å². The summed E-state index contributed by atoms with van der Waals surface area (Å²) in [7, 11) is 0. The van der Waals surface area contributed by atoms with Gasteiger partial charge in [-0.1, -0.05) is 0 Å². The van der Waals surface area contributed by atoms with Gasteiger partial charge in [0.05, 0.1) is 6.54 Å². The van der Waals surface area contributed by atoms with Crippen LogP contribution < -0.4 is 16.8 Å². The highest BCUT2D eigenvalue weighted by Gasteiger charge is 2.18. The first-order valence-corrected chi connectivity index (χ1v) is 4.14. The number of rotatable bonds is 4. The van der Waals surface area contributed by atoms with Gasteiger partial charge in [0.25, 0.3) is 0 Å². The van der Waals surface area contributed by atoms with Crippen LogP contribution in [0.5, 0.6) is 0 Å². The van der Waals surface area contributed by atoms with Gasteiger partial charge in [-0.25, -0.2) is 0 Å². The Hall–Kier alpha value is -1.30. The highest BCUT2D eigenvalue weighted by molar-refractivity contribution is 5.79. The number of carboxylic acid groups (broad SMARTS) is 1. The van der Waals surface area contributed by atoms with Gasteiger partial charge in [0.15, 0.2) is 5.96 Å². The van der Waals surface area contributed by atoms with Crippen LogP contribution in [0, 0.1) is 0 Å². The van der Waals surface area contributed by atoms with E-state index in [9.17, 15) is 4.79 Å². The maximum atomic E-state index is 10.4. The largest absolute Gasteiger partial charge is 0.480 e. The van der Waals surface area contributed by atoms with Crippen LogP contribution in [0.3, 0.4) is 0 Å². The van der Waals surface area contributed by atoms with Gasteiger partial charge in [-0.15, -0.1) is 0 Å². The van der Waals surface area contributed by atoms with E-state index in [0.29, 0.717) is 25.3 Å². The van der Waals surface area contributed by atoms with Gasteiger partial charge in [-0.05, 0) is 12.8 Å². The Morgan fingerprint density at radius 3 is 3.00 bits per heavy atom. The van der Waals surface area contributed by atoms with Crippen molar-refractivity contribution in [2.45, 2.75) is 24.9 Å². The SMILES string of the molecule is NC1=NCC(CC[C@H](N)C(=O)O)N1. The number of nitrogens with zero attached hydrogens (tertiary/aromatic N) is 1. The second kappa shape index (κ2) is 4.08. The van der Waals surface area contributed by atoms with Crippen molar-refractivity contribution in [3.63, 3.8) is 0 Å². The molecule has 0 saturated heterocycles.